The van der Waals surface area contributed by atoms with E-state index >= 15 is 0 Å². The van der Waals surface area contributed by atoms with Gasteiger partial charge in [0.2, 0.25) is 5.95 Å². The zero-order valence-electron chi connectivity index (χ0n) is 9.99. The molecule has 0 saturated heterocycles. The van der Waals surface area contributed by atoms with Gasteiger partial charge in [-0.2, -0.15) is 5.10 Å². The highest BCUT2D eigenvalue weighted by Gasteiger charge is 2.19. The lowest BCUT2D eigenvalue weighted by molar-refractivity contribution is -0.384. The number of hydrogen-bond acceptors (Lipinski definition) is 6. The molecule has 1 N–H and O–H groups in total. The van der Waals surface area contributed by atoms with Crippen molar-refractivity contribution in [3.8, 4) is 11.3 Å². The predicted molar refractivity (Wildman–Crippen MR) is 65.1 cm³/mol. The van der Waals surface area contributed by atoms with Crippen LogP contribution < -0.4 is 5.32 Å². The first kappa shape index (κ1) is 12.0. The Kier molecular flexibility index (Phi) is 3.18. The van der Waals surface area contributed by atoms with Gasteiger partial charge in [0.05, 0.1) is 11.1 Å². The standard InChI is InChI=1S/C10H12N6O2/c1-3-15-6-7(4-13-15)9-8(16(17)18)5-12-10(11-2)14-9/h4-6H,3H2,1-2H3,(H,11,12,14). The van der Waals surface area contributed by atoms with Gasteiger partial charge in [0, 0.05) is 25.4 Å². The van der Waals surface area contributed by atoms with E-state index in [0.717, 1.165) is 0 Å². The molecule has 0 aliphatic rings. The molecule has 2 aromatic heterocycles. The molecule has 0 aromatic carbocycles. The molecule has 0 unspecified atom stereocenters. The topological polar surface area (TPSA) is 98.8 Å². The first-order chi connectivity index (χ1) is 8.65. The summed E-state index contributed by atoms with van der Waals surface area (Å²) in [5.74, 6) is 0.333. The Balaban J connectivity index is 2.55. The van der Waals surface area contributed by atoms with E-state index in [-0.39, 0.29) is 11.4 Å². The first-order valence-electron chi connectivity index (χ1n) is 5.37. The zero-order valence-corrected chi connectivity index (χ0v) is 9.99. The lowest BCUT2D eigenvalue weighted by Crippen LogP contribution is -2.01. The van der Waals surface area contributed by atoms with Crippen molar-refractivity contribution in [3.63, 3.8) is 0 Å². The van der Waals surface area contributed by atoms with Gasteiger partial charge in [-0.05, 0) is 6.92 Å². The van der Waals surface area contributed by atoms with Crippen LogP contribution in [-0.2, 0) is 6.54 Å². The Bertz CT molecular complexity index is 579. The SMILES string of the molecule is CCn1cc(-c2nc(NC)ncc2[N+](=O)[O-])cn1. The van der Waals surface area contributed by atoms with Gasteiger partial charge < -0.3 is 5.32 Å². The number of aryl methyl sites for hydroxylation is 1. The second-order valence-electron chi connectivity index (χ2n) is 3.52. The van der Waals surface area contributed by atoms with E-state index in [9.17, 15) is 10.1 Å². The fourth-order valence-corrected chi connectivity index (χ4v) is 1.50. The van der Waals surface area contributed by atoms with Crippen LogP contribution in [0.4, 0.5) is 11.6 Å². The summed E-state index contributed by atoms with van der Waals surface area (Å²) in [6.07, 6.45) is 4.46. The summed E-state index contributed by atoms with van der Waals surface area (Å²) in [6, 6.07) is 0. The molecule has 0 atom stereocenters. The van der Waals surface area contributed by atoms with Crippen molar-refractivity contribution in [1.29, 1.82) is 0 Å². The van der Waals surface area contributed by atoms with Gasteiger partial charge in [-0.15, -0.1) is 0 Å². The number of hydrogen-bond donors (Lipinski definition) is 1. The molecule has 0 fully saturated rings. The minimum absolute atomic E-state index is 0.135. The largest absolute Gasteiger partial charge is 0.357 e. The lowest BCUT2D eigenvalue weighted by atomic mass is 10.2. The van der Waals surface area contributed by atoms with Gasteiger partial charge in [-0.3, -0.25) is 14.8 Å². The van der Waals surface area contributed by atoms with Crippen molar-refractivity contribution < 1.29 is 4.92 Å². The van der Waals surface area contributed by atoms with Gasteiger partial charge in [-0.25, -0.2) is 9.97 Å². The summed E-state index contributed by atoms with van der Waals surface area (Å²) in [7, 11) is 1.65. The highest BCUT2D eigenvalue weighted by Crippen LogP contribution is 2.27. The molecule has 0 spiro atoms. The van der Waals surface area contributed by atoms with Gasteiger partial charge in [-0.1, -0.05) is 0 Å². The van der Waals surface area contributed by atoms with E-state index in [0.29, 0.717) is 18.1 Å². The highest BCUT2D eigenvalue weighted by atomic mass is 16.6. The number of anilines is 1. The Hall–Kier alpha value is -2.51. The summed E-state index contributed by atoms with van der Waals surface area (Å²) >= 11 is 0. The fourth-order valence-electron chi connectivity index (χ4n) is 1.50. The smallest absolute Gasteiger partial charge is 0.313 e. The van der Waals surface area contributed by atoms with E-state index in [1.165, 1.54) is 6.20 Å². The summed E-state index contributed by atoms with van der Waals surface area (Å²) < 4.78 is 1.68. The molecule has 8 heteroatoms. The summed E-state index contributed by atoms with van der Waals surface area (Å²) in [4.78, 5) is 18.4. The monoisotopic (exact) mass is 248 g/mol. The number of aromatic nitrogens is 4. The predicted octanol–water partition coefficient (Wildman–Crippen LogP) is 1.31. The Labute approximate surface area is 103 Å². The van der Waals surface area contributed by atoms with Gasteiger partial charge in [0.15, 0.2) is 5.69 Å². The molecule has 0 aliphatic heterocycles. The average molecular weight is 248 g/mol. The maximum Gasteiger partial charge on any atom is 0.313 e. The zero-order chi connectivity index (χ0) is 13.1. The number of nitrogens with one attached hydrogen (secondary N) is 1. The Morgan fingerprint density at radius 1 is 1.50 bits per heavy atom. The molecular weight excluding hydrogens is 236 g/mol. The van der Waals surface area contributed by atoms with E-state index in [1.807, 2.05) is 6.92 Å². The maximum absolute atomic E-state index is 10.9. The third kappa shape index (κ3) is 2.12. The van der Waals surface area contributed by atoms with Crippen molar-refractivity contribution in [3.05, 3.63) is 28.7 Å². The summed E-state index contributed by atoms with van der Waals surface area (Å²) in [5, 5.41) is 17.8. The molecule has 0 amide bonds. The number of rotatable bonds is 4. The van der Waals surface area contributed by atoms with Gasteiger partial charge >= 0.3 is 5.69 Å². The summed E-state index contributed by atoms with van der Waals surface area (Å²) in [5.41, 5.74) is 0.728. The van der Waals surface area contributed by atoms with Crippen LogP contribution in [0.3, 0.4) is 0 Å². The second kappa shape index (κ2) is 4.78. The molecule has 94 valence electrons. The minimum atomic E-state index is -0.502. The lowest BCUT2D eigenvalue weighted by Gasteiger charge is -2.02. The molecule has 8 nitrogen and oxygen atoms in total. The minimum Gasteiger partial charge on any atom is -0.357 e. The van der Waals surface area contributed by atoms with Crippen molar-refractivity contribution >= 4 is 11.6 Å². The van der Waals surface area contributed by atoms with E-state index in [4.69, 9.17) is 0 Å². The molecule has 0 aliphatic carbocycles. The van der Waals surface area contributed by atoms with Crippen LogP contribution in [0.15, 0.2) is 18.6 Å². The number of nitrogens with zero attached hydrogens (tertiary/aromatic N) is 5. The van der Waals surface area contributed by atoms with Crippen LogP contribution in [0.2, 0.25) is 0 Å². The third-order valence-electron chi connectivity index (χ3n) is 2.42. The fraction of sp³-hybridized carbons (Fsp3) is 0.300. The van der Waals surface area contributed by atoms with Crippen LogP contribution in [0.25, 0.3) is 11.3 Å². The van der Waals surface area contributed by atoms with Crippen molar-refractivity contribution in [2.45, 2.75) is 13.5 Å². The van der Waals surface area contributed by atoms with Crippen LogP contribution in [0, 0.1) is 10.1 Å². The second-order valence-corrected chi connectivity index (χ2v) is 3.52. The molecular formula is C10H12N6O2. The maximum atomic E-state index is 10.9. The van der Waals surface area contributed by atoms with Crippen molar-refractivity contribution in [2.24, 2.45) is 0 Å². The quantitative estimate of drug-likeness (QED) is 0.647. The van der Waals surface area contributed by atoms with E-state index in [1.54, 1.807) is 24.1 Å². The molecule has 2 rings (SSSR count). The van der Waals surface area contributed by atoms with E-state index < -0.39 is 4.92 Å². The molecule has 0 radical (unpaired) electrons. The highest BCUT2D eigenvalue weighted by molar-refractivity contribution is 5.68. The molecule has 18 heavy (non-hydrogen) atoms. The van der Waals surface area contributed by atoms with Crippen molar-refractivity contribution in [1.82, 2.24) is 19.7 Å². The van der Waals surface area contributed by atoms with Crippen LogP contribution in [0.5, 0.6) is 0 Å². The molecule has 2 aromatic rings. The third-order valence-corrected chi connectivity index (χ3v) is 2.42. The Morgan fingerprint density at radius 3 is 2.83 bits per heavy atom. The summed E-state index contributed by atoms with van der Waals surface area (Å²) in [6.45, 7) is 2.63. The van der Waals surface area contributed by atoms with Crippen LogP contribution >= 0.6 is 0 Å². The number of nitro groups is 1. The Morgan fingerprint density at radius 2 is 2.28 bits per heavy atom. The van der Waals surface area contributed by atoms with E-state index in [2.05, 4.69) is 20.4 Å². The molecule has 0 saturated carbocycles. The molecule has 0 bridgehead atoms. The average Bonchev–Trinajstić information content (AvgIpc) is 2.86. The normalized spacial score (nSPS) is 10.3. The first-order valence-corrected chi connectivity index (χ1v) is 5.37. The van der Waals surface area contributed by atoms with Crippen LogP contribution in [-0.4, -0.2) is 31.7 Å². The van der Waals surface area contributed by atoms with Crippen molar-refractivity contribution in [2.75, 3.05) is 12.4 Å². The van der Waals surface area contributed by atoms with Gasteiger partial charge in [0.25, 0.3) is 0 Å². The van der Waals surface area contributed by atoms with Gasteiger partial charge in [0.1, 0.15) is 6.20 Å². The van der Waals surface area contributed by atoms with Crippen LogP contribution in [0.1, 0.15) is 6.92 Å². The molecule has 2 heterocycles.